The van der Waals surface area contributed by atoms with Crippen LogP contribution in [0.5, 0.6) is 0 Å². The van der Waals surface area contributed by atoms with Gasteiger partial charge in [0.25, 0.3) is 0 Å². The smallest absolute Gasteiger partial charge is 0.143 e. The van der Waals surface area contributed by atoms with E-state index in [4.69, 9.17) is 4.42 Å². The van der Waals surface area contributed by atoms with E-state index in [1.807, 2.05) is 109 Å². The van der Waals surface area contributed by atoms with Crippen LogP contribution in [0.2, 0.25) is 0 Å². The van der Waals surface area contributed by atoms with Gasteiger partial charge >= 0.3 is 0 Å². The molecule has 0 aliphatic rings. The molecule has 1 heterocycles. The second kappa shape index (κ2) is 12.5. The normalized spacial score (nSPS) is 13.6. The highest BCUT2D eigenvalue weighted by atomic mass is 16.3. The van der Waals surface area contributed by atoms with Crippen molar-refractivity contribution in [2.75, 3.05) is 4.90 Å². The summed E-state index contributed by atoms with van der Waals surface area (Å²) in [6.07, 6.45) is 0. The molecular weight excluding hydrogens is 631 g/mol. The first kappa shape index (κ1) is 22.7. The Balaban J connectivity index is 1.32. The van der Waals surface area contributed by atoms with Crippen LogP contribution in [-0.2, 0) is 0 Å². The number of fused-ring (bicyclic) bond motifs is 6. The highest BCUT2D eigenvalue weighted by Gasteiger charge is 2.21. The lowest BCUT2D eigenvalue weighted by Crippen LogP contribution is -2.11. The molecular formula is C50H33NO. The Kier molecular flexibility index (Phi) is 5.45. The second-order valence-electron chi connectivity index (χ2n) is 12.6. The molecule has 9 aromatic carbocycles. The van der Waals surface area contributed by atoms with Gasteiger partial charge < -0.3 is 9.32 Å². The summed E-state index contributed by atoms with van der Waals surface area (Å²) in [7, 11) is 0. The fourth-order valence-electron chi connectivity index (χ4n) is 7.18. The van der Waals surface area contributed by atoms with Crippen molar-refractivity contribution in [2.24, 2.45) is 0 Å². The Bertz CT molecular complexity index is 3320. The summed E-state index contributed by atoms with van der Waals surface area (Å²) in [6.45, 7) is 0. The van der Waals surface area contributed by atoms with Gasteiger partial charge in [0.15, 0.2) is 0 Å². The highest BCUT2D eigenvalue weighted by Crippen LogP contribution is 2.46. The van der Waals surface area contributed by atoms with E-state index in [-0.39, 0.29) is 46.7 Å². The van der Waals surface area contributed by atoms with E-state index in [1.165, 1.54) is 4.90 Å². The molecule has 0 atom stereocenters. The van der Waals surface area contributed by atoms with Gasteiger partial charge in [0, 0.05) is 33.1 Å². The zero-order valence-electron chi connectivity index (χ0n) is 35.8. The van der Waals surface area contributed by atoms with Crippen molar-refractivity contribution < 1.29 is 15.4 Å². The lowest BCUT2D eigenvalue weighted by Gasteiger charge is -2.28. The van der Waals surface area contributed by atoms with Gasteiger partial charge in [-0.3, -0.25) is 0 Å². The molecule has 0 aliphatic carbocycles. The number of hydrogen-bond donors (Lipinski definition) is 0. The maximum absolute atomic E-state index is 9.71. The van der Waals surface area contributed by atoms with Crippen molar-refractivity contribution in [3.8, 4) is 33.4 Å². The van der Waals surface area contributed by atoms with Crippen LogP contribution in [-0.4, -0.2) is 0 Å². The number of para-hydroxylation sites is 2. The van der Waals surface area contributed by atoms with Crippen LogP contribution in [0, 0.1) is 0 Å². The first-order valence-electron chi connectivity index (χ1n) is 21.1. The van der Waals surface area contributed by atoms with Crippen molar-refractivity contribution in [1.82, 2.24) is 0 Å². The van der Waals surface area contributed by atoms with E-state index < -0.39 is 24.2 Å². The van der Waals surface area contributed by atoms with E-state index in [2.05, 4.69) is 0 Å². The highest BCUT2D eigenvalue weighted by molar-refractivity contribution is 6.19. The topological polar surface area (TPSA) is 16.4 Å². The average molecular weight is 672 g/mol. The molecule has 0 radical (unpaired) electrons. The van der Waals surface area contributed by atoms with E-state index in [0.717, 1.165) is 43.5 Å². The molecule has 10 aromatic rings. The molecule has 1 aromatic heterocycles. The lowest BCUT2D eigenvalue weighted by atomic mass is 9.93. The fraction of sp³-hybridized carbons (Fsp3) is 0. The van der Waals surface area contributed by atoms with E-state index in [0.29, 0.717) is 28.0 Å². The Hall–Kier alpha value is -6.90. The summed E-state index contributed by atoms with van der Waals surface area (Å²) < 4.78 is 82.7. The van der Waals surface area contributed by atoms with Gasteiger partial charge in [0.1, 0.15) is 11.2 Å². The molecule has 2 heteroatoms. The Morgan fingerprint density at radius 2 is 0.962 bits per heavy atom. The zero-order valence-corrected chi connectivity index (χ0v) is 27.8. The maximum Gasteiger partial charge on any atom is 0.143 e. The molecule has 0 spiro atoms. The Labute approximate surface area is 313 Å². The Morgan fingerprint density at radius 1 is 0.385 bits per heavy atom. The van der Waals surface area contributed by atoms with Crippen LogP contribution in [0.1, 0.15) is 11.0 Å². The van der Waals surface area contributed by atoms with Crippen LogP contribution in [0.3, 0.4) is 0 Å². The number of rotatable bonds is 6. The molecule has 2 nitrogen and oxygen atoms in total. The first-order valence-corrected chi connectivity index (χ1v) is 17.1. The largest absolute Gasteiger partial charge is 0.455 e. The molecule has 10 rings (SSSR count). The third kappa shape index (κ3) is 5.04. The zero-order chi connectivity index (χ0) is 41.4. The van der Waals surface area contributed by atoms with Gasteiger partial charge in [-0.15, -0.1) is 0 Å². The minimum Gasteiger partial charge on any atom is -0.455 e. The summed E-state index contributed by atoms with van der Waals surface area (Å²) in [5.74, 6) is 0. The van der Waals surface area contributed by atoms with E-state index in [1.54, 1.807) is 42.5 Å². The summed E-state index contributed by atoms with van der Waals surface area (Å²) >= 11 is 0. The quantitative estimate of drug-likeness (QED) is 0.175. The molecule has 244 valence electrons. The van der Waals surface area contributed by atoms with Gasteiger partial charge in [-0.25, -0.2) is 0 Å². The van der Waals surface area contributed by atoms with E-state index >= 15 is 0 Å². The van der Waals surface area contributed by atoms with Gasteiger partial charge in [0.05, 0.1) is 16.7 Å². The van der Waals surface area contributed by atoms with Crippen molar-refractivity contribution in [3.63, 3.8) is 0 Å². The van der Waals surface area contributed by atoms with Crippen LogP contribution >= 0.6 is 0 Å². The predicted octanol–water partition coefficient (Wildman–Crippen LogP) is 14.4. The van der Waals surface area contributed by atoms with Gasteiger partial charge in [0.2, 0.25) is 0 Å². The molecule has 0 saturated carbocycles. The maximum atomic E-state index is 9.71. The van der Waals surface area contributed by atoms with Gasteiger partial charge in [-0.2, -0.15) is 0 Å². The molecule has 0 aliphatic heterocycles. The summed E-state index contributed by atoms with van der Waals surface area (Å²) in [5.41, 5.74) is 3.95. The van der Waals surface area contributed by atoms with Crippen LogP contribution in [0.4, 0.5) is 17.1 Å². The molecule has 0 fully saturated rings. The van der Waals surface area contributed by atoms with Gasteiger partial charge in [-0.05, 0) is 86.3 Å². The van der Waals surface area contributed by atoms with Crippen molar-refractivity contribution in [3.05, 3.63) is 200 Å². The van der Waals surface area contributed by atoms with E-state index in [9.17, 15) is 11.0 Å². The molecule has 0 bridgehead atoms. The second-order valence-corrected chi connectivity index (χ2v) is 12.6. The van der Waals surface area contributed by atoms with Crippen LogP contribution in [0.15, 0.2) is 204 Å². The number of anilines is 3. The molecule has 0 saturated heterocycles. The minimum absolute atomic E-state index is 0.108. The predicted molar refractivity (Wildman–Crippen MR) is 220 cm³/mol. The van der Waals surface area contributed by atoms with Crippen LogP contribution < -0.4 is 4.90 Å². The average Bonchev–Trinajstić information content (AvgIpc) is 3.66. The number of furan rings is 1. The standard InChI is InChI=1S/C50H33NO/c1-2-13-34(14-3-1)35-25-29-38(30-26-35)51(39-31-27-37(28-32-39)41-22-12-16-36-15-4-5-17-40(36)41)48-23-10-8-19-43(48)46-33-47-44-20-9-11-24-49(44)52-50(47)45-21-7-6-18-42(45)46/h1-33H/i25D,26D,27D,28D,29D,30D,31D,32D. The van der Waals surface area contributed by atoms with Crippen molar-refractivity contribution >= 4 is 60.5 Å². The van der Waals surface area contributed by atoms with Crippen LogP contribution in [0.25, 0.3) is 76.9 Å². The third-order valence-electron chi connectivity index (χ3n) is 9.61. The summed E-state index contributed by atoms with van der Waals surface area (Å²) in [6, 6.07) is 44.0. The summed E-state index contributed by atoms with van der Waals surface area (Å²) in [5, 5.41) is 5.10. The molecule has 0 unspecified atom stereocenters. The fourth-order valence-corrected chi connectivity index (χ4v) is 7.18. The Morgan fingerprint density at radius 3 is 1.75 bits per heavy atom. The number of hydrogen-bond acceptors (Lipinski definition) is 2. The number of benzene rings is 9. The minimum atomic E-state index is -0.404. The summed E-state index contributed by atoms with van der Waals surface area (Å²) in [4.78, 5) is 1.39. The molecule has 0 amide bonds. The molecule has 0 N–H and O–H groups in total. The van der Waals surface area contributed by atoms with Crippen molar-refractivity contribution in [1.29, 1.82) is 0 Å². The lowest BCUT2D eigenvalue weighted by molar-refractivity contribution is 0.672. The molecule has 52 heavy (non-hydrogen) atoms. The monoisotopic (exact) mass is 671 g/mol. The van der Waals surface area contributed by atoms with Crippen molar-refractivity contribution in [2.45, 2.75) is 0 Å². The van der Waals surface area contributed by atoms with Gasteiger partial charge in [-0.1, -0.05) is 158 Å². The first-order chi connectivity index (χ1) is 29.2. The SMILES string of the molecule is [2H]c1c([2H])c(N(c2ccccc2-c2cc3c4ccccc4oc3c3ccccc23)c2c([2H])c([2H])c(-c3cccc4ccccc34)c([2H])c2[2H])c([2H])c([2H])c1-c1ccccc1. The number of nitrogens with zero attached hydrogens (tertiary/aromatic N) is 1. The third-order valence-corrected chi connectivity index (χ3v) is 9.61.